The summed E-state index contributed by atoms with van der Waals surface area (Å²) < 4.78 is 4.96. The number of halogens is 1. The van der Waals surface area contributed by atoms with Gasteiger partial charge in [-0.25, -0.2) is 0 Å². The van der Waals surface area contributed by atoms with E-state index in [4.69, 9.17) is 16.3 Å². The van der Waals surface area contributed by atoms with E-state index in [1.807, 2.05) is 19.1 Å². The van der Waals surface area contributed by atoms with Gasteiger partial charge in [0.05, 0.1) is 13.0 Å². The number of ether oxygens (including phenoxy) is 1. The molecule has 1 aromatic carbocycles. The smallest absolute Gasteiger partial charge is 0.307 e. The van der Waals surface area contributed by atoms with Gasteiger partial charge in [-0.05, 0) is 56.5 Å². The average Bonchev–Trinajstić information content (AvgIpc) is 2.47. The topological polar surface area (TPSA) is 29.5 Å². The standard InChI is InChI=1S/C16H22ClNO2/c1-2-20-16(19)9-12-18-10-7-14(8-11-18)13-3-5-15(17)6-4-13/h3-6,14H,2,7-12H2,1H3. The number of rotatable bonds is 5. The second-order valence-electron chi connectivity index (χ2n) is 5.22. The summed E-state index contributed by atoms with van der Waals surface area (Å²) in [6, 6.07) is 8.18. The van der Waals surface area contributed by atoms with Gasteiger partial charge in [-0.15, -0.1) is 0 Å². The van der Waals surface area contributed by atoms with Crippen molar-refractivity contribution in [1.29, 1.82) is 0 Å². The van der Waals surface area contributed by atoms with Crippen molar-refractivity contribution >= 4 is 17.6 Å². The number of benzene rings is 1. The van der Waals surface area contributed by atoms with Crippen LogP contribution in [0.2, 0.25) is 5.02 Å². The summed E-state index contributed by atoms with van der Waals surface area (Å²) in [4.78, 5) is 13.7. The summed E-state index contributed by atoms with van der Waals surface area (Å²) in [6.07, 6.45) is 2.79. The third-order valence-electron chi connectivity index (χ3n) is 3.87. The molecule has 2 rings (SSSR count). The van der Waals surface area contributed by atoms with Gasteiger partial charge in [0.2, 0.25) is 0 Å². The van der Waals surface area contributed by atoms with E-state index in [9.17, 15) is 4.79 Å². The summed E-state index contributed by atoms with van der Waals surface area (Å²) in [7, 11) is 0. The molecule has 0 unspecified atom stereocenters. The molecule has 20 heavy (non-hydrogen) atoms. The van der Waals surface area contributed by atoms with E-state index >= 15 is 0 Å². The number of hydrogen-bond acceptors (Lipinski definition) is 3. The summed E-state index contributed by atoms with van der Waals surface area (Å²) in [5.41, 5.74) is 1.37. The molecule has 0 aliphatic carbocycles. The van der Waals surface area contributed by atoms with Crippen LogP contribution >= 0.6 is 11.6 Å². The molecule has 0 N–H and O–H groups in total. The highest BCUT2D eigenvalue weighted by Gasteiger charge is 2.20. The number of nitrogens with zero attached hydrogens (tertiary/aromatic N) is 1. The molecule has 0 atom stereocenters. The Kier molecular flexibility index (Phi) is 5.86. The molecule has 1 aromatic rings. The number of esters is 1. The molecular formula is C16H22ClNO2. The summed E-state index contributed by atoms with van der Waals surface area (Å²) in [5, 5.41) is 0.792. The molecule has 0 spiro atoms. The van der Waals surface area contributed by atoms with Crippen LogP contribution in [0.3, 0.4) is 0 Å². The quantitative estimate of drug-likeness (QED) is 0.779. The molecule has 0 radical (unpaired) electrons. The fraction of sp³-hybridized carbons (Fsp3) is 0.562. The van der Waals surface area contributed by atoms with Crippen molar-refractivity contribution < 1.29 is 9.53 Å². The largest absolute Gasteiger partial charge is 0.466 e. The third kappa shape index (κ3) is 4.50. The number of hydrogen-bond donors (Lipinski definition) is 0. The maximum Gasteiger partial charge on any atom is 0.307 e. The Labute approximate surface area is 125 Å². The second kappa shape index (κ2) is 7.65. The predicted octanol–water partition coefficient (Wildman–Crippen LogP) is 3.47. The van der Waals surface area contributed by atoms with Crippen LogP contribution in [-0.2, 0) is 9.53 Å². The van der Waals surface area contributed by atoms with Gasteiger partial charge < -0.3 is 9.64 Å². The fourth-order valence-electron chi connectivity index (χ4n) is 2.71. The van der Waals surface area contributed by atoms with E-state index in [0.29, 0.717) is 18.9 Å². The Morgan fingerprint density at radius 2 is 1.95 bits per heavy atom. The van der Waals surface area contributed by atoms with E-state index in [2.05, 4.69) is 17.0 Å². The van der Waals surface area contributed by atoms with Crippen LogP contribution in [0.15, 0.2) is 24.3 Å². The van der Waals surface area contributed by atoms with Gasteiger partial charge >= 0.3 is 5.97 Å². The van der Waals surface area contributed by atoms with Crippen molar-refractivity contribution in [2.24, 2.45) is 0 Å². The van der Waals surface area contributed by atoms with Crippen molar-refractivity contribution in [3.63, 3.8) is 0 Å². The molecule has 1 fully saturated rings. The Morgan fingerprint density at radius 1 is 1.30 bits per heavy atom. The summed E-state index contributed by atoms with van der Waals surface area (Å²) in [6.45, 7) is 5.22. The lowest BCUT2D eigenvalue weighted by molar-refractivity contribution is -0.143. The number of carbonyl (C=O) groups is 1. The molecule has 1 saturated heterocycles. The second-order valence-corrected chi connectivity index (χ2v) is 5.66. The summed E-state index contributed by atoms with van der Waals surface area (Å²) in [5.74, 6) is 0.526. The zero-order valence-electron chi connectivity index (χ0n) is 12.0. The van der Waals surface area contributed by atoms with Gasteiger partial charge in [-0.1, -0.05) is 23.7 Å². The lowest BCUT2D eigenvalue weighted by atomic mass is 9.89. The first kappa shape index (κ1) is 15.3. The van der Waals surface area contributed by atoms with Crippen LogP contribution in [0.25, 0.3) is 0 Å². The van der Waals surface area contributed by atoms with E-state index in [1.165, 1.54) is 5.56 Å². The third-order valence-corrected chi connectivity index (χ3v) is 4.12. The van der Waals surface area contributed by atoms with E-state index in [0.717, 1.165) is 37.5 Å². The Balaban J connectivity index is 1.75. The van der Waals surface area contributed by atoms with Crippen molar-refractivity contribution in [2.45, 2.75) is 32.1 Å². The molecule has 1 aliphatic heterocycles. The normalized spacial score (nSPS) is 17.1. The minimum atomic E-state index is -0.0904. The molecule has 110 valence electrons. The average molecular weight is 296 g/mol. The molecule has 0 saturated carbocycles. The zero-order valence-corrected chi connectivity index (χ0v) is 12.7. The fourth-order valence-corrected chi connectivity index (χ4v) is 2.83. The minimum Gasteiger partial charge on any atom is -0.466 e. The van der Waals surface area contributed by atoms with Gasteiger partial charge in [0, 0.05) is 11.6 Å². The van der Waals surface area contributed by atoms with Gasteiger partial charge in [0.1, 0.15) is 0 Å². The highest BCUT2D eigenvalue weighted by molar-refractivity contribution is 6.30. The molecule has 0 aromatic heterocycles. The highest BCUT2D eigenvalue weighted by atomic mass is 35.5. The van der Waals surface area contributed by atoms with Crippen molar-refractivity contribution in [1.82, 2.24) is 4.90 Å². The Morgan fingerprint density at radius 3 is 2.55 bits per heavy atom. The minimum absolute atomic E-state index is 0.0904. The number of piperidine rings is 1. The van der Waals surface area contributed by atoms with Crippen LogP contribution in [0.4, 0.5) is 0 Å². The van der Waals surface area contributed by atoms with Crippen LogP contribution in [0.1, 0.15) is 37.7 Å². The first-order chi connectivity index (χ1) is 9.69. The van der Waals surface area contributed by atoms with E-state index in [1.54, 1.807) is 0 Å². The maximum atomic E-state index is 11.3. The SMILES string of the molecule is CCOC(=O)CCN1CCC(c2ccc(Cl)cc2)CC1. The molecule has 4 heteroatoms. The first-order valence-corrected chi connectivity index (χ1v) is 7.70. The molecular weight excluding hydrogens is 274 g/mol. The summed E-state index contributed by atoms with van der Waals surface area (Å²) >= 11 is 5.92. The predicted molar refractivity (Wildman–Crippen MR) is 81.1 cm³/mol. The van der Waals surface area contributed by atoms with Gasteiger partial charge in [0.25, 0.3) is 0 Å². The highest BCUT2D eigenvalue weighted by Crippen LogP contribution is 2.28. The van der Waals surface area contributed by atoms with Crippen molar-refractivity contribution in [3.05, 3.63) is 34.9 Å². The van der Waals surface area contributed by atoms with Gasteiger partial charge in [-0.2, -0.15) is 0 Å². The lowest BCUT2D eigenvalue weighted by Gasteiger charge is -2.32. The van der Waals surface area contributed by atoms with Gasteiger partial charge in [0.15, 0.2) is 0 Å². The molecule has 0 amide bonds. The van der Waals surface area contributed by atoms with Crippen molar-refractivity contribution in [3.8, 4) is 0 Å². The van der Waals surface area contributed by atoms with E-state index < -0.39 is 0 Å². The first-order valence-electron chi connectivity index (χ1n) is 7.32. The van der Waals surface area contributed by atoms with Crippen LogP contribution < -0.4 is 0 Å². The molecule has 1 heterocycles. The van der Waals surface area contributed by atoms with E-state index in [-0.39, 0.29) is 5.97 Å². The Bertz CT molecular complexity index is 425. The van der Waals surface area contributed by atoms with Gasteiger partial charge in [-0.3, -0.25) is 4.79 Å². The molecule has 1 aliphatic rings. The molecule has 3 nitrogen and oxygen atoms in total. The Hall–Kier alpha value is -1.06. The molecule has 0 bridgehead atoms. The lowest BCUT2D eigenvalue weighted by Crippen LogP contribution is -2.34. The van der Waals surface area contributed by atoms with Crippen molar-refractivity contribution in [2.75, 3.05) is 26.2 Å². The number of likely N-dealkylation sites (tertiary alicyclic amines) is 1. The maximum absolute atomic E-state index is 11.3. The van der Waals surface area contributed by atoms with Crippen LogP contribution in [0, 0.1) is 0 Å². The number of carbonyl (C=O) groups excluding carboxylic acids is 1. The van der Waals surface area contributed by atoms with Crippen LogP contribution in [-0.4, -0.2) is 37.1 Å². The van der Waals surface area contributed by atoms with Crippen LogP contribution in [0.5, 0.6) is 0 Å². The monoisotopic (exact) mass is 295 g/mol. The zero-order chi connectivity index (χ0) is 14.4.